The van der Waals surface area contributed by atoms with Gasteiger partial charge < -0.3 is 4.90 Å². The van der Waals surface area contributed by atoms with Crippen molar-refractivity contribution >= 4 is 40.5 Å². The Balaban J connectivity index is 1.80. The summed E-state index contributed by atoms with van der Waals surface area (Å²) in [6.45, 7) is 1.46. The maximum absolute atomic E-state index is 13.4. The molecule has 6 heteroatoms. The second-order valence-electron chi connectivity index (χ2n) is 7.73. The van der Waals surface area contributed by atoms with Crippen molar-refractivity contribution in [2.24, 2.45) is 0 Å². The quantitative estimate of drug-likeness (QED) is 0.363. The van der Waals surface area contributed by atoms with Gasteiger partial charge in [0.05, 0.1) is 28.1 Å². The van der Waals surface area contributed by atoms with E-state index in [1.165, 1.54) is 11.8 Å². The molecule has 0 bridgehead atoms. The molecule has 3 amide bonds. The topological polar surface area (TPSA) is 74.8 Å². The second kappa shape index (κ2) is 7.13. The summed E-state index contributed by atoms with van der Waals surface area (Å²) in [4.78, 5) is 54.4. The molecule has 0 N–H and O–H groups in total. The summed E-state index contributed by atoms with van der Waals surface area (Å²) in [6, 6.07) is 20.5. The van der Waals surface area contributed by atoms with E-state index >= 15 is 0 Å². The maximum Gasteiger partial charge on any atom is 0.266 e. The van der Waals surface area contributed by atoms with Gasteiger partial charge in [-0.2, -0.15) is 0 Å². The molecule has 0 saturated carbocycles. The fraction of sp³-hybridized carbons (Fsp3) is 0.0769. The van der Waals surface area contributed by atoms with E-state index in [2.05, 4.69) is 0 Å². The maximum atomic E-state index is 13.4. The van der Waals surface area contributed by atoms with Gasteiger partial charge in [-0.3, -0.25) is 19.2 Å². The Hall–Kier alpha value is -4.32. The SMILES string of the molecule is CC(=O)c1ccc(/C(=C2\C(=O)N(C)c3ccccc32)N2C(=O)c3ccccc3C2=O)cc1. The van der Waals surface area contributed by atoms with Crippen LogP contribution in [-0.4, -0.2) is 35.5 Å². The zero-order valence-corrected chi connectivity index (χ0v) is 17.5. The van der Waals surface area contributed by atoms with E-state index in [0.29, 0.717) is 33.5 Å². The number of likely N-dealkylation sites (N-methyl/N-ethyl adjacent to an activating group) is 1. The number of nitrogens with zero attached hydrogens (tertiary/aromatic N) is 2. The van der Waals surface area contributed by atoms with Crippen LogP contribution in [0.2, 0.25) is 0 Å². The van der Waals surface area contributed by atoms with Crippen LogP contribution in [0.15, 0.2) is 72.8 Å². The van der Waals surface area contributed by atoms with E-state index < -0.39 is 11.8 Å². The summed E-state index contributed by atoms with van der Waals surface area (Å²) in [5.74, 6) is -1.38. The molecule has 2 aliphatic rings. The second-order valence-corrected chi connectivity index (χ2v) is 7.73. The van der Waals surface area contributed by atoms with Crippen molar-refractivity contribution in [3.8, 4) is 0 Å². The van der Waals surface area contributed by atoms with Gasteiger partial charge in [-0.05, 0) is 30.7 Å². The Morgan fingerprint density at radius 3 is 1.72 bits per heavy atom. The van der Waals surface area contributed by atoms with Crippen LogP contribution in [0.3, 0.4) is 0 Å². The standard InChI is InChI=1S/C26H18N2O4/c1-15(29)16-11-13-17(14-12-16)23(22-20-9-5-6-10-21(20)27(2)26(22)32)28-24(30)18-7-3-4-8-19(18)25(28)31/h3-14H,1-2H3/b23-22+. The predicted octanol–water partition coefficient (Wildman–Crippen LogP) is 4.03. The average Bonchev–Trinajstić information content (AvgIpc) is 3.21. The number of benzene rings is 3. The summed E-state index contributed by atoms with van der Waals surface area (Å²) in [5.41, 5.74) is 3.41. The molecule has 0 atom stereocenters. The molecule has 0 aromatic heterocycles. The highest BCUT2D eigenvalue weighted by Crippen LogP contribution is 2.43. The molecule has 32 heavy (non-hydrogen) atoms. The van der Waals surface area contributed by atoms with Crippen LogP contribution < -0.4 is 4.90 Å². The summed E-state index contributed by atoms with van der Waals surface area (Å²) in [7, 11) is 1.66. The van der Waals surface area contributed by atoms with E-state index in [1.807, 2.05) is 18.2 Å². The number of imide groups is 1. The van der Waals surface area contributed by atoms with Crippen molar-refractivity contribution in [2.45, 2.75) is 6.92 Å². The Morgan fingerprint density at radius 2 is 1.16 bits per heavy atom. The third-order valence-corrected chi connectivity index (χ3v) is 5.87. The Kier molecular flexibility index (Phi) is 4.37. The van der Waals surface area contributed by atoms with Gasteiger partial charge >= 0.3 is 0 Å². The number of fused-ring (bicyclic) bond motifs is 2. The molecule has 0 radical (unpaired) electrons. The van der Waals surface area contributed by atoms with Crippen LogP contribution >= 0.6 is 0 Å². The highest BCUT2D eigenvalue weighted by Gasteiger charge is 2.42. The molecular formula is C26H18N2O4. The van der Waals surface area contributed by atoms with Crippen LogP contribution in [-0.2, 0) is 4.79 Å². The normalized spacial score (nSPS) is 16.4. The molecule has 6 nitrogen and oxygen atoms in total. The first-order valence-electron chi connectivity index (χ1n) is 10.1. The first-order valence-corrected chi connectivity index (χ1v) is 10.1. The predicted molar refractivity (Wildman–Crippen MR) is 120 cm³/mol. The average molecular weight is 422 g/mol. The van der Waals surface area contributed by atoms with Crippen LogP contribution in [0.25, 0.3) is 11.3 Å². The van der Waals surface area contributed by atoms with E-state index in [4.69, 9.17) is 0 Å². The molecule has 0 saturated heterocycles. The highest BCUT2D eigenvalue weighted by atomic mass is 16.2. The fourth-order valence-corrected chi connectivity index (χ4v) is 4.24. The minimum Gasteiger partial charge on any atom is -0.311 e. The molecule has 0 fully saturated rings. The Labute approximate surface area is 184 Å². The fourth-order valence-electron chi connectivity index (χ4n) is 4.24. The van der Waals surface area contributed by atoms with E-state index in [0.717, 1.165) is 4.90 Å². The highest BCUT2D eigenvalue weighted by molar-refractivity contribution is 6.40. The number of Topliss-reactive ketones (excluding diaryl/α,β-unsaturated/α-hetero) is 1. The molecule has 2 heterocycles. The summed E-state index contributed by atoms with van der Waals surface area (Å²) < 4.78 is 0. The lowest BCUT2D eigenvalue weighted by atomic mass is 9.98. The van der Waals surface area contributed by atoms with Crippen molar-refractivity contribution in [1.82, 2.24) is 4.90 Å². The van der Waals surface area contributed by atoms with Gasteiger partial charge in [0.1, 0.15) is 0 Å². The number of anilines is 1. The third kappa shape index (κ3) is 2.73. The molecule has 5 rings (SSSR count). The summed E-state index contributed by atoms with van der Waals surface area (Å²) in [5, 5.41) is 0. The van der Waals surface area contributed by atoms with Crippen molar-refractivity contribution in [2.75, 3.05) is 11.9 Å². The number of ketones is 1. The monoisotopic (exact) mass is 422 g/mol. The number of rotatable bonds is 3. The summed E-state index contributed by atoms with van der Waals surface area (Å²) >= 11 is 0. The van der Waals surface area contributed by atoms with Gasteiger partial charge in [0.25, 0.3) is 17.7 Å². The Morgan fingerprint density at radius 1 is 0.656 bits per heavy atom. The lowest BCUT2D eigenvalue weighted by Crippen LogP contribution is -2.31. The van der Waals surface area contributed by atoms with Gasteiger partial charge in [-0.15, -0.1) is 0 Å². The molecule has 0 aliphatic carbocycles. The first kappa shape index (κ1) is 19.6. The van der Waals surface area contributed by atoms with Gasteiger partial charge in [-0.1, -0.05) is 54.6 Å². The van der Waals surface area contributed by atoms with Gasteiger partial charge in [0.2, 0.25) is 0 Å². The third-order valence-electron chi connectivity index (χ3n) is 5.87. The van der Waals surface area contributed by atoms with Crippen LogP contribution in [0, 0.1) is 0 Å². The molecule has 2 aliphatic heterocycles. The Bertz CT molecular complexity index is 1330. The lowest BCUT2D eigenvalue weighted by Gasteiger charge is -2.21. The van der Waals surface area contributed by atoms with Crippen LogP contribution in [0.4, 0.5) is 5.69 Å². The van der Waals surface area contributed by atoms with E-state index in [-0.39, 0.29) is 23.0 Å². The number of carbonyl (C=O) groups excluding carboxylic acids is 4. The lowest BCUT2D eigenvalue weighted by molar-refractivity contribution is -0.112. The largest absolute Gasteiger partial charge is 0.311 e. The van der Waals surface area contributed by atoms with Gasteiger partial charge in [0, 0.05) is 18.2 Å². The van der Waals surface area contributed by atoms with Crippen LogP contribution in [0.5, 0.6) is 0 Å². The minimum absolute atomic E-state index is 0.103. The van der Waals surface area contributed by atoms with Crippen molar-refractivity contribution < 1.29 is 19.2 Å². The van der Waals surface area contributed by atoms with Crippen molar-refractivity contribution in [3.05, 3.63) is 101 Å². The number of carbonyl (C=O) groups is 4. The number of hydrogen-bond donors (Lipinski definition) is 0. The van der Waals surface area contributed by atoms with E-state index in [1.54, 1.807) is 61.6 Å². The molecule has 0 unspecified atom stereocenters. The zero-order chi connectivity index (χ0) is 22.6. The summed E-state index contributed by atoms with van der Waals surface area (Å²) in [6.07, 6.45) is 0. The molecular weight excluding hydrogens is 404 g/mol. The van der Waals surface area contributed by atoms with Gasteiger partial charge in [0.15, 0.2) is 5.78 Å². The van der Waals surface area contributed by atoms with Crippen LogP contribution in [0.1, 0.15) is 49.1 Å². The number of para-hydroxylation sites is 1. The number of amides is 3. The van der Waals surface area contributed by atoms with Crippen molar-refractivity contribution in [1.29, 1.82) is 0 Å². The molecule has 156 valence electrons. The van der Waals surface area contributed by atoms with E-state index in [9.17, 15) is 19.2 Å². The van der Waals surface area contributed by atoms with Gasteiger partial charge in [-0.25, -0.2) is 4.90 Å². The molecule has 3 aromatic rings. The first-order chi connectivity index (χ1) is 15.4. The smallest absolute Gasteiger partial charge is 0.266 e. The molecule has 3 aromatic carbocycles. The minimum atomic E-state index is -0.483. The zero-order valence-electron chi connectivity index (χ0n) is 17.5. The number of hydrogen-bond acceptors (Lipinski definition) is 4. The van der Waals surface area contributed by atoms with Crippen molar-refractivity contribution in [3.63, 3.8) is 0 Å². The molecule has 0 spiro atoms.